The quantitative estimate of drug-likeness (QED) is 0.336. The van der Waals surface area contributed by atoms with E-state index in [0.717, 1.165) is 11.1 Å². The van der Waals surface area contributed by atoms with Crippen LogP contribution < -0.4 is 4.74 Å². The van der Waals surface area contributed by atoms with E-state index in [1.54, 1.807) is 6.07 Å². The molecule has 0 aliphatic heterocycles. The second kappa shape index (κ2) is 10.6. The maximum atomic E-state index is 10.3. The second-order valence-corrected chi connectivity index (χ2v) is 6.86. The van der Waals surface area contributed by atoms with Crippen LogP contribution in [0.5, 0.6) is 11.5 Å². The predicted molar refractivity (Wildman–Crippen MR) is 108 cm³/mol. The molecule has 1 atom stereocenters. The van der Waals surface area contributed by atoms with Crippen molar-refractivity contribution in [3.05, 3.63) is 50.6 Å². The van der Waals surface area contributed by atoms with Crippen LogP contribution in [0.15, 0.2) is 41.5 Å². The molecule has 138 valence electrons. The topological polar surface area (TPSA) is 90.2 Å². The van der Waals surface area contributed by atoms with Crippen LogP contribution in [0.3, 0.4) is 0 Å². The van der Waals surface area contributed by atoms with Crippen molar-refractivity contribution in [3.63, 3.8) is 0 Å². The Balaban J connectivity index is 2.83. The number of phenolic OH excluding ortho intramolecular Hbond substituents is 1. The summed E-state index contributed by atoms with van der Waals surface area (Å²) in [6, 6.07) is 3.60. The van der Waals surface area contributed by atoms with E-state index in [2.05, 4.69) is 6.58 Å². The molecule has 0 spiro atoms. The van der Waals surface area contributed by atoms with Crippen molar-refractivity contribution in [2.75, 3.05) is 20.3 Å². The first-order chi connectivity index (χ1) is 11.8. The summed E-state index contributed by atoms with van der Waals surface area (Å²) in [5.74, 6) is 0.535. The van der Waals surface area contributed by atoms with E-state index >= 15 is 0 Å². The van der Waals surface area contributed by atoms with Crippen LogP contribution in [0.2, 0.25) is 0 Å². The fourth-order valence-corrected chi connectivity index (χ4v) is 3.04. The summed E-state index contributed by atoms with van der Waals surface area (Å²) >= 11 is 2.04. The minimum atomic E-state index is -0.801. The first kappa shape index (κ1) is 21.7. The van der Waals surface area contributed by atoms with Gasteiger partial charge in [0.1, 0.15) is 0 Å². The first-order valence-corrected chi connectivity index (χ1v) is 8.93. The average molecular weight is 460 g/mol. The monoisotopic (exact) mass is 460 g/mol. The summed E-state index contributed by atoms with van der Waals surface area (Å²) in [6.07, 6.45) is 3.70. The summed E-state index contributed by atoms with van der Waals surface area (Å²) in [6.45, 7) is 5.18. The molecule has 6 heteroatoms. The number of methoxy groups -OCH3 is 1. The highest BCUT2D eigenvalue weighted by atomic mass is 127. The Bertz CT molecular complexity index is 664. The Kier molecular flexibility index (Phi) is 9.20. The lowest BCUT2D eigenvalue weighted by molar-refractivity contribution is 0.197. The molecule has 1 aromatic carbocycles. The van der Waals surface area contributed by atoms with Crippen molar-refractivity contribution in [2.45, 2.75) is 25.9 Å². The van der Waals surface area contributed by atoms with Crippen molar-refractivity contribution in [2.24, 2.45) is 0 Å². The van der Waals surface area contributed by atoms with Gasteiger partial charge < -0.3 is 25.2 Å². The van der Waals surface area contributed by atoms with Crippen LogP contribution in [0.25, 0.3) is 6.08 Å². The maximum Gasteiger partial charge on any atom is 0.171 e. The minimum absolute atomic E-state index is 0.120. The molecule has 25 heavy (non-hydrogen) atoms. The highest BCUT2D eigenvalue weighted by molar-refractivity contribution is 14.1. The zero-order valence-corrected chi connectivity index (χ0v) is 16.7. The van der Waals surface area contributed by atoms with Gasteiger partial charge in [-0.25, -0.2) is 0 Å². The van der Waals surface area contributed by atoms with Gasteiger partial charge in [0.25, 0.3) is 0 Å². The van der Waals surface area contributed by atoms with Gasteiger partial charge >= 0.3 is 0 Å². The summed E-state index contributed by atoms with van der Waals surface area (Å²) in [7, 11) is 1.50. The number of hydrogen-bond donors (Lipinski definition) is 4. The molecule has 0 bridgehead atoms. The fourth-order valence-electron chi connectivity index (χ4n) is 2.41. The Morgan fingerprint density at radius 1 is 1.36 bits per heavy atom. The summed E-state index contributed by atoms with van der Waals surface area (Å²) in [5.41, 5.74) is 2.82. The lowest BCUT2D eigenvalue weighted by Gasteiger charge is -2.16. The third kappa shape index (κ3) is 6.47. The van der Waals surface area contributed by atoms with Crippen LogP contribution in [-0.2, 0) is 0 Å². The van der Waals surface area contributed by atoms with Gasteiger partial charge in [0.05, 0.1) is 30.0 Å². The predicted octanol–water partition coefficient (Wildman–Crippen LogP) is 3.02. The molecule has 0 aliphatic carbocycles. The zero-order chi connectivity index (χ0) is 19.0. The van der Waals surface area contributed by atoms with Crippen molar-refractivity contribution >= 4 is 28.7 Å². The van der Waals surface area contributed by atoms with Crippen molar-refractivity contribution in [3.8, 4) is 11.5 Å². The van der Waals surface area contributed by atoms with E-state index in [9.17, 15) is 15.3 Å². The number of hydrogen-bond acceptors (Lipinski definition) is 5. The molecular weight excluding hydrogens is 435 g/mol. The highest BCUT2D eigenvalue weighted by Gasteiger charge is 2.14. The molecule has 0 saturated heterocycles. The van der Waals surface area contributed by atoms with Crippen LogP contribution in [-0.4, -0.2) is 46.9 Å². The van der Waals surface area contributed by atoms with Crippen LogP contribution in [0.1, 0.15) is 25.3 Å². The molecule has 0 fully saturated rings. The lowest BCUT2D eigenvalue weighted by Crippen LogP contribution is -2.14. The molecule has 0 amide bonds. The standard InChI is InChI=1S/C19H25IO5/c1-12(4-5-17(23)15(6-7-21)13(2)11-22)8-14-9-16(20)19(24)18(10-14)25-3/h6,8-10,17,21-24H,2,4-5,7,11H2,1,3H3/b12-8+,15-6-. The van der Waals surface area contributed by atoms with Crippen LogP contribution in [0, 0.1) is 3.57 Å². The largest absolute Gasteiger partial charge is 0.504 e. The summed E-state index contributed by atoms with van der Waals surface area (Å²) < 4.78 is 5.85. The molecule has 0 aliphatic rings. The number of ether oxygens (including phenoxy) is 1. The lowest BCUT2D eigenvalue weighted by atomic mass is 9.96. The van der Waals surface area contributed by atoms with Crippen LogP contribution in [0.4, 0.5) is 0 Å². The molecule has 1 unspecified atom stereocenters. The van der Waals surface area contributed by atoms with Crippen molar-refractivity contribution in [1.29, 1.82) is 0 Å². The van der Waals surface area contributed by atoms with Gasteiger partial charge in [0, 0.05) is 0 Å². The third-order valence-electron chi connectivity index (χ3n) is 3.77. The average Bonchev–Trinajstić information content (AvgIpc) is 2.59. The van der Waals surface area contributed by atoms with Gasteiger partial charge in [-0.05, 0) is 71.2 Å². The number of halogens is 1. The third-order valence-corrected chi connectivity index (χ3v) is 4.59. The van der Waals surface area contributed by atoms with E-state index in [0.29, 0.717) is 33.3 Å². The highest BCUT2D eigenvalue weighted by Crippen LogP contribution is 2.33. The molecule has 1 rings (SSSR count). The first-order valence-electron chi connectivity index (χ1n) is 7.85. The van der Waals surface area contributed by atoms with E-state index in [-0.39, 0.29) is 19.0 Å². The molecule has 0 radical (unpaired) electrons. The number of aliphatic hydroxyl groups is 3. The number of benzene rings is 1. The SMILES string of the molecule is C=C(CO)/C(=C/CO)C(O)CC/C(C)=C/c1cc(I)c(O)c(OC)c1. The molecule has 1 aromatic rings. The number of aliphatic hydroxyl groups excluding tert-OH is 3. The Labute approximate surface area is 162 Å². The minimum Gasteiger partial charge on any atom is -0.504 e. The second-order valence-electron chi connectivity index (χ2n) is 5.70. The van der Waals surface area contributed by atoms with Crippen molar-refractivity contribution < 1.29 is 25.2 Å². The van der Waals surface area contributed by atoms with Gasteiger partial charge in [-0.15, -0.1) is 0 Å². The number of rotatable bonds is 9. The van der Waals surface area contributed by atoms with Crippen molar-refractivity contribution in [1.82, 2.24) is 0 Å². The molecule has 0 saturated carbocycles. The normalized spacial score (nSPS) is 13.7. The Morgan fingerprint density at radius 2 is 2.04 bits per heavy atom. The van der Waals surface area contributed by atoms with Gasteiger partial charge in [0.2, 0.25) is 0 Å². The van der Waals surface area contributed by atoms with Gasteiger partial charge in [0.15, 0.2) is 11.5 Å². The van der Waals surface area contributed by atoms with E-state index in [4.69, 9.17) is 9.84 Å². The Hall–Kier alpha value is -1.35. The van der Waals surface area contributed by atoms with Gasteiger partial charge in [-0.2, -0.15) is 0 Å². The number of allylic oxidation sites excluding steroid dienone is 1. The van der Waals surface area contributed by atoms with E-state index in [1.807, 2.05) is 41.7 Å². The smallest absolute Gasteiger partial charge is 0.171 e. The van der Waals surface area contributed by atoms with Gasteiger partial charge in [-0.3, -0.25) is 0 Å². The molecule has 0 aromatic heterocycles. The number of aromatic hydroxyl groups is 1. The van der Waals surface area contributed by atoms with E-state index in [1.165, 1.54) is 13.2 Å². The summed E-state index contributed by atoms with van der Waals surface area (Å²) in [4.78, 5) is 0. The fraction of sp³-hybridized carbons (Fsp3) is 0.368. The van der Waals surface area contributed by atoms with Crippen LogP contribution >= 0.6 is 22.6 Å². The maximum absolute atomic E-state index is 10.3. The molecular formula is C19H25IO5. The van der Waals surface area contributed by atoms with Gasteiger partial charge in [-0.1, -0.05) is 24.3 Å². The Morgan fingerprint density at radius 3 is 2.60 bits per heavy atom. The summed E-state index contributed by atoms with van der Waals surface area (Å²) in [5, 5.41) is 38.4. The molecule has 0 heterocycles. The molecule has 5 nitrogen and oxygen atoms in total. The zero-order valence-electron chi connectivity index (χ0n) is 14.5. The molecule has 4 N–H and O–H groups in total. The number of phenols is 1. The van der Waals surface area contributed by atoms with E-state index < -0.39 is 6.10 Å².